The SMILES string of the molecule is COc1ccc(OC)c2nc(C)c(CN)cc12. The summed E-state index contributed by atoms with van der Waals surface area (Å²) in [6.07, 6.45) is 0. The Labute approximate surface area is 100 Å². The number of benzene rings is 1. The van der Waals surface area contributed by atoms with Crippen LogP contribution in [0.4, 0.5) is 0 Å². The number of ether oxygens (including phenoxy) is 2. The summed E-state index contributed by atoms with van der Waals surface area (Å²) in [5.41, 5.74) is 8.44. The molecule has 90 valence electrons. The molecule has 1 heterocycles. The van der Waals surface area contributed by atoms with Crippen LogP contribution >= 0.6 is 0 Å². The van der Waals surface area contributed by atoms with Crippen LogP contribution in [0.15, 0.2) is 18.2 Å². The van der Waals surface area contributed by atoms with Crippen LogP contribution in [-0.4, -0.2) is 19.2 Å². The Kier molecular flexibility index (Phi) is 3.15. The van der Waals surface area contributed by atoms with Crippen LogP contribution in [0, 0.1) is 6.92 Å². The molecule has 4 nitrogen and oxygen atoms in total. The first-order chi connectivity index (χ1) is 8.21. The van der Waals surface area contributed by atoms with Gasteiger partial charge in [-0.1, -0.05) is 0 Å². The van der Waals surface area contributed by atoms with Crippen LogP contribution in [0.5, 0.6) is 11.5 Å². The lowest BCUT2D eigenvalue weighted by atomic mass is 10.1. The Morgan fingerprint density at radius 2 is 1.82 bits per heavy atom. The van der Waals surface area contributed by atoms with Crippen molar-refractivity contribution < 1.29 is 9.47 Å². The maximum atomic E-state index is 5.69. The lowest BCUT2D eigenvalue weighted by Gasteiger charge is -2.11. The van der Waals surface area contributed by atoms with Gasteiger partial charge in [-0.25, -0.2) is 4.98 Å². The van der Waals surface area contributed by atoms with Crippen molar-refractivity contribution >= 4 is 10.9 Å². The molecule has 0 spiro atoms. The molecule has 1 aromatic carbocycles. The first-order valence-corrected chi connectivity index (χ1v) is 5.42. The zero-order valence-corrected chi connectivity index (χ0v) is 10.3. The highest BCUT2D eigenvalue weighted by atomic mass is 16.5. The molecule has 0 unspecified atom stereocenters. The molecule has 0 aliphatic rings. The van der Waals surface area contributed by atoms with Crippen molar-refractivity contribution in [3.8, 4) is 11.5 Å². The Morgan fingerprint density at radius 3 is 2.41 bits per heavy atom. The Balaban J connectivity index is 2.81. The largest absolute Gasteiger partial charge is 0.496 e. The smallest absolute Gasteiger partial charge is 0.145 e. The van der Waals surface area contributed by atoms with Crippen molar-refractivity contribution in [2.45, 2.75) is 13.5 Å². The summed E-state index contributed by atoms with van der Waals surface area (Å²) in [7, 11) is 3.28. The summed E-state index contributed by atoms with van der Waals surface area (Å²) in [5, 5.41) is 0.929. The molecular formula is C13H16N2O2. The summed E-state index contributed by atoms with van der Waals surface area (Å²) in [4.78, 5) is 4.54. The van der Waals surface area contributed by atoms with Crippen molar-refractivity contribution in [1.29, 1.82) is 0 Å². The Bertz CT molecular complexity index is 553. The van der Waals surface area contributed by atoms with Gasteiger partial charge < -0.3 is 15.2 Å². The number of hydrogen-bond acceptors (Lipinski definition) is 4. The van der Waals surface area contributed by atoms with E-state index >= 15 is 0 Å². The Hall–Kier alpha value is -1.81. The molecule has 0 aliphatic carbocycles. The highest BCUT2D eigenvalue weighted by Crippen LogP contribution is 2.32. The number of aromatic nitrogens is 1. The van der Waals surface area contributed by atoms with E-state index in [-0.39, 0.29) is 0 Å². The summed E-state index contributed by atoms with van der Waals surface area (Å²) >= 11 is 0. The molecule has 0 bridgehead atoms. The topological polar surface area (TPSA) is 57.4 Å². The minimum absolute atomic E-state index is 0.467. The van der Waals surface area contributed by atoms with Crippen LogP contribution in [0.2, 0.25) is 0 Å². The second kappa shape index (κ2) is 4.59. The standard InChI is InChI=1S/C13H16N2O2/c1-8-9(7-14)6-10-11(16-2)4-5-12(17-3)13(10)15-8/h4-6H,7,14H2,1-3H3. The molecular weight excluding hydrogens is 216 g/mol. The summed E-state index contributed by atoms with van der Waals surface area (Å²) in [6.45, 7) is 2.41. The van der Waals surface area contributed by atoms with Crippen LogP contribution < -0.4 is 15.2 Å². The molecule has 4 heteroatoms. The van der Waals surface area contributed by atoms with E-state index in [2.05, 4.69) is 4.98 Å². The molecule has 2 N–H and O–H groups in total. The molecule has 17 heavy (non-hydrogen) atoms. The van der Waals surface area contributed by atoms with E-state index in [1.54, 1.807) is 14.2 Å². The van der Waals surface area contributed by atoms with E-state index in [0.717, 1.165) is 33.7 Å². The van der Waals surface area contributed by atoms with E-state index in [9.17, 15) is 0 Å². The number of hydrogen-bond donors (Lipinski definition) is 1. The van der Waals surface area contributed by atoms with Gasteiger partial charge in [-0.2, -0.15) is 0 Å². The third-order valence-corrected chi connectivity index (χ3v) is 2.86. The van der Waals surface area contributed by atoms with Gasteiger partial charge in [-0.15, -0.1) is 0 Å². The number of methoxy groups -OCH3 is 2. The number of fused-ring (bicyclic) bond motifs is 1. The molecule has 0 aliphatic heterocycles. The first kappa shape index (κ1) is 11.7. The second-order valence-electron chi connectivity index (χ2n) is 3.80. The van der Waals surface area contributed by atoms with Crippen LogP contribution in [-0.2, 0) is 6.54 Å². The van der Waals surface area contributed by atoms with Crippen molar-refractivity contribution in [1.82, 2.24) is 4.98 Å². The van der Waals surface area contributed by atoms with E-state index in [0.29, 0.717) is 6.54 Å². The second-order valence-corrected chi connectivity index (χ2v) is 3.80. The van der Waals surface area contributed by atoms with Gasteiger partial charge in [-0.3, -0.25) is 0 Å². The zero-order chi connectivity index (χ0) is 12.4. The average Bonchev–Trinajstić information content (AvgIpc) is 2.36. The van der Waals surface area contributed by atoms with Gasteiger partial charge in [0.25, 0.3) is 0 Å². The summed E-state index contributed by atoms with van der Waals surface area (Å²) in [5.74, 6) is 1.52. The minimum atomic E-state index is 0.467. The fourth-order valence-corrected chi connectivity index (χ4v) is 1.89. The van der Waals surface area contributed by atoms with Crippen molar-refractivity contribution in [2.24, 2.45) is 5.73 Å². The normalized spacial score (nSPS) is 10.6. The average molecular weight is 232 g/mol. The quantitative estimate of drug-likeness (QED) is 0.879. The third kappa shape index (κ3) is 1.91. The number of aryl methyl sites for hydroxylation is 1. The number of rotatable bonds is 3. The van der Waals surface area contributed by atoms with Gasteiger partial charge in [0.15, 0.2) is 0 Å². The maximum absolute atomic E-state index is 5.69. The molecule has 2 aromatic rings. The van der Waals surface area contributed by atoms with Gasteiger partial charge in [0.1, 0.15) is 17.0 Å². The molecule has 0 atom stereocenters. The zero-order valence-electron chi connectivity index (χ0n) is 10.3. The number of nitrogens with two attached hydrogens (primary N) is 1. The Morgan fingerprint density at radius 1 is 1.18 bits per heavy atom. The van der Waals surface area contributed by atoms with Gasteiger partial charge in [0.05, 0.1) is 14.2 Å². The van der Waals surface area contributed by atoms with Gasteiger partial charge >= 0.3 is 0 Å². The van der Waals surface area contributed by atoms with E-state index in [4.69, 9.17) is 15.2 Å². The summed E-state index contributed by atoms with van der Waals surface area (Å²) in [6, 6.07) is 5.74. The molecule has 2 rings (SSSR count). The lowest BCUT2D eigenvalue weighted by molar-refractivity contribution is 0.409. The minimum Gasteiger partial charge on any atom is -0.496 e. The maximum Gasteiger partial charge on any atom is 0.145 e. The monoisotopic (exact) mass is 232 g/mol. The van der Waals surface area contributed by atoms with Crippen molar-refractivity contribution in [3.05, 3.63) is 29.5 Å². The van der Waals surface area contributed by atoms with Gasteiger partial charge in [0, 0.05) is 17.6 Å². The van der Waals surface area contributed by atoms with Crippen molar-refractivity contribution in [3.63, 3.8) is 0 Å². The van der Waals surface area contributed by atoms with Crippen LogP contribution in [0.3, 0.4) is 0 Å². The van der Waals surface area contributed by atoms with Crippen LogP contribution in [0.25, 0.3) is 10.9 Å². The highest BCUT2D eigenvalue weighted by molar-refractivity contribution is 5.90. The number of nitrogens with zero attached hydrogens (tertiary/aromatic N) is 1. The fraction of sp³-hybridized carbons (Fsp3) is 0.308. The predicted octanol–water partition coefficient (Wildman–Crippen LogP) is 2.02. The van der Waals surface area contributed by atoms with Crippen molar-refractivity contribution in [2.75, 3.05) is 14.2 Å². The lowest BCUT2D eigenvalue weighted by Crippen LogP contribution is -2.02. The van der Waals surface area contributed by atoms with Crippen LogP contribution in [0.1, 0.15) is 11.3 Å². The molecule has 1 aromatic heterocycles. The highest BCUT2D eigenvalue weighted by Gasteiger charge is 2.11. The van der Waals surface area contributed by atoms with E-state index in [1.165, 1.54) is 0 Å². The third-order valence-electron chi connectivity index (χ3n) is 2.86. The number of pyridine rings is 1. The van der Waals surface area contributed by atoms with E-state index < -0.39 is 0 Å². The van der Waals surface area contributed by atoms with Gasteiger partial charge in [-0.05, 0) is 30.7 Å². The van der Waals surface area contributed by atoms with Gasteiger partial charge in [0.2, 0.25) is 0 Å². The molecule has 0 amide bonds. The predicted molar refractivity (Wildman–Crippen MR) is 67.5 cm³/mol. The first-order valence-electron chi connectivity index (χ1n) is 5.42. The summed E-state index contributed by atoms with van der Waals surface area (Å²) < 4.78 is 10.6. The molecule has 0 saturated heterocycles. The fourth-order valence-electron chi connectivity index (χ4n) is 1.89. The molecule has 0 fully saturated rings. The molecule has 0 saturated carbocycles. The van der Waals surface area contributed by atoms with E-state index in [1.807, 2.05) is 25.1 Å². The molecule has 0 radical (unpaired) electrons.